The Balaban J connectivity index is 1.79. The summed E-state index contributed by atoms with van der Waals surface area (Å²) in [4.78, 5) is 29.9. The molecule has 0 saturated heterocycles. The number of hydrogen-bond acceptors (Lipinski definition) is 7. The lowest BCUT2D eigenvalue weighted by molar-refractivity contribution is -0.113. The Hall–Kier alpha value is -4.14. The minimum Gasteiger partial charge on any atom is -0.497 e. The second-order valence-corrected chi connectivity index (χ2v) is 7.81. The summed E-state index contributed by atoms with van der Waals surface area (Å²) in [5, 5.41) is 10.5. The van der Waals surface area contributed by atoms with E-state index in [1.165, 1.54) is 11.8 Å². The summed E-state index contributed by atoms with van der Waals surface area (Å²) in [6.45, 7) is 5.74. The minimum atomic E-state index is -0.661. The molecule has 3 aromatic rings. The average molecular weight is 447 g/mol. The van der Waals surface area contributed by atoms with E-state index in [1.54, 1.807) is 14.0 Å². The number of amides is 1. The van der Waals surface area contributed by atoms with Crippen LogP contribution in [0.1, 0.15) is 40.3 Å². The quantitative estimate of drug-likeness (QED) is 0.575. The first-order chi connectivity index (χ1) is 15.8. The van der Waals surface area contributed by atoms with Gasteiger partial charge in [0, 0.05) is 11.4 Å². The van der Waals surface area contributed by atoms with E-state index in [0.717, 1.165) is 22.4 Å². The van der Waals surface area contributed by atoms with Crippen LogP contribution in [0.15, 0.2) is 53.7 Å². The van der Waals surface area contributed by atoms with Crippen molar-refractivity contribution in [2.75, 3.05) is 24.9 Å². The van der Waals surface area contributed by atoms with Crippen molar-refractivity contribution in [2.45, 2.75) is 26.8 Å². The van der Waals surface area contributed by atoms with Crippen LogP contribution in [0.2, 0.25) is 0 Å². The first-order valence-corrected chi connectivity index (χ1v) is 10.4. The number of ether oxygens (including phenoxy) is 2. The number of aryl methyl sites for hydroxylation is 2. The van der Waals surface area contributed by atoms with Crippen LogP contribution in [0.25, 0.3) is 0 Å². The van der Waals surface area contributed by atoms with E-state index >= 15 is 0 Å². The predicted molar refractivity (Wildman–Crippen MR) is 123 cm³/mol. The van der Waals surface area contributed by atoms with Crippen molar-refractivity contribution in [3.63, 3.8) is 0 Å². The van der Waals surface area contributed by atoms with Crippen LogP contribution in [0.3, 0.4) is 0 Å². The van der Waals surface area contributed by atoms with Gasteiger partial charge in [-0.15, -0.1) is 5.10 Å². The Kier molecular flexibility index (Phi) is 5.87. The van der Waals surface area contributed by atoms with Crippen LogP contribution in [0.4, 0.5) is 11.6 Å². The Morgan fingerprint density at radius 1 is 1.06 bits per heavy atom. The lowest BCUT2D eigenvalue weighted by Crippen LogP contribution is -2.31. The standard InChI is InChI=1S/C24H25N5O4/c1-13-6-11-18(14(2)12-13)26-22(30)19-15(3)25-24-27-21(23(31)33-5)28-29(24)20(19)16-7-9-17(32-4)10-8-16/h6-12,20H,1-5H3,(H,26,30)(H,25,27,28)/t20-/m0/s1. The van der Waals surface area contributed by atoms with Crippen molar-refractivity contribution in [2.24, 2.45) is 0 Å². The van der Waals surface area contributed by atoms with Crippen molar-refractivity contribution in [1.29, 1.82) is 0 Å². The number of rotatable bonds is 5. The highest BCUT2D eigenvalue weighted by Crippen LogP contribution is 2.36. The van der Waals surface area contributed by atoms with Crippen LogP contribution in [0, 0.1) is 13.8 Å². The molecule has 170 valence electrons. The molecule has 2 aromatic carbocycles. The number of esters is 1. The number of benzene rings is 2. The molecule has 33 heavy (non-hydrogen) atoms. The number of allylic oxidation sites excluding steroid dienone is 1. The van der Waals surface area contributed by atoms with Gasteiger partial charge in [0.2, 0.25) is 5.95 Å². The first-order valence-electron chi connectivity index (χ1n) is 10.4. The van der Waals surface area contributed by atoms with Gasteiger partial charge < -0.3 is 20.1 Å². The zero-order chi connectivity index (χ0) is 23.7. The van der Waals surface area contributed by atoms with Gasteiger partial charge in [0.15, 0.2) is 0 Å². The molecular weight excluding hydrogens is 422 g/mol. The second-order valence-electron chi connectivity index (χ2n) is 7.81. The highest BCUT2D eigenvalue weighted by molar-refractivity contribution is 6.06. The number of aromatic nitrogens is 3. The third kappa shape index (κ3) is 4.17. The number of nitrogens with one attached hydrogen (secondary N) is 2. The Morgan fingerprint density at radius 3 is 2.42 bits per heavy atom. The van der Waals surface area contributed by atoms with E-state index in [2.05, 4.69) is 20.7 Å². The predicted octanol–water partition coefficient (Wildman–Crippen LogP) is 3.62. The number of carbonyl (C=O) groups excluding carboxylic acids is 2. The number of anilines is 2. The van der Waals surface area contributed by atoms with Crippen LogP contribution < -0.4 is 15.4 Å². The molecule has 1 aliphatic rings. The van der Waals surface area contributed by atoms with E-state index in [1.807, 2.05) is 56.3 Å². The number of fused-ring (bicyclic) bond motifs is 1. The van der Waals surface area contributed by atoms with Crippen LogP contribution >= 0.6 is 0 Å². The lowest BCUT2D eigenvalue weighted by atomic mass is 9.94. The summed E-state index contributed by atoms with van der Waals surface area (Å²) in [7, 11) is 2.85. The van der Waals surface area contributed by atoms with Gasteiger partial charge in [-0.25, -0.2) is 9.48 Å². The molecular formula is C24H25N5O4. The highest BCUT2D eigenvalue weighted by atomic mass is 16.5. The van der Waals surface area contributed by atoms with Gasteiger partial charge in [0.25, 0.3) is 11.7 Å². The molecule has 4 rings (SSSR count). The molecule has 2 N–H and O–H groups in total. The molecule has 0 saturated carbocycles. The molecule has 0 spiro atoms. The van der Waals surface area contributed by atoms with E-state index in [9.17, 15) is 9.59 Å². The fourth-order valence-corrected chi connectivity index (χ4v) is 3.86. The molecule has 0 bridgehead atoms. The third-order valence-electron chi connectivity index (χ3n) is 5.53. The van der Waals surface area contributed by atoms with E-state index in [-0.39, 0.29) is 11.7 Å². The van der Waals surface area contributed by atoms with Crippen molar-refractivity contribution < 1.29 is 19.1 Å². The van der Waals surface area contributed by atoms with Gasteiger partial charge in [-0.3, -0.25) is 4.79 Å². The van der Waals surface area contributed by atoms with Crippen LogP contribution in [0.5, 0.6) is 5.75 Å². The summed E-state index contributed by atoms with van der Waals surface area (Å²) in [5.74, 6) is -0.0116. The minimum absolute atomic E-state index is 0.0950. The van der Waals surface area contributed by atoms with Gasteiger partial charge in [-0.2, -0.15) is 4.98 Å². The fourth-order valence-electron chi connectivity index (χ4n) is 3.86. The maximum Gasteiger partial charge on any atom is 0.378 e. The fraction of sp³-hybridized carbons (Fsp3) is 0.250. The zero-order valence-electron chi connectivity index (χ0n) is 19.1. The largest absolute Gasteiger partial charge is 0.497 e. The molecule has 0 aliphatic carbocycles. The smallest absolute Gasteiger partial charge is 0.378 e. The summed E-state index contributed by atoms with van der Waals surface area (Å²) in [6.07, 6.45) is 0. The Bertz CT molecular complexity index is 1260. The maximum absolute atomic E-state index is 13.5. The highest BCUT2D eigenvalue weighted by Gasteiger charge is 2.35. The molecule has 2 heterocycles. The molecule has 0 radical (unpaired) electrons. The van der Waals surface area contributed by atoms with Gasteiger partial charge in [0.1, 0.15) is 11.8 Å². The molecule has 1 amide bonds. The van der Waals surface area contributed by atoms with Crippen LogP contribution in [-0.4, -0.2) is 40.9 Å². The molecule has 1 aliphatic heterocycles. The Morgan fingerprint density at radius 2 is 1.79 bits per heavy atom. The summed E-state index contributed by atoms with van der Waals surface area (Å²) in [6, 6.07) is 12.5. The number of nitrogens with zero attached hydrogens (tertiary/aromatic N) is 3. The SMILES string of the molecule is COC(=O)c1nc2n(n1)[C@@H](c1ccc(OC)cc1)C(C(=O)Nc1ccc(C)cc1C)=C(C)N2. The maximum atomic E-state index is 13.5. The first kappa shape index (κ1) is 22.1. The topological polar surface area (TPSA) is 107 Å². The number of methoxy groups -OCH3 is 2. The van der Waals surface area contributed by atoms with Gasteiger partial charge in [-0.05, 0) is 50.1 Å². The van der Waals surface area contributed by atoms with Crippen molar-refractivity contribution in [3.8, 4) is 5.75 Å². The van der Waals surface area contributed by atoms with Gasteiger partial charge >= 0.3 is 5.97 Å². The summed E-state index contributed by atoms with van der Waals surface area (Å²) in [5.41, 5.74) is 4.63. The van der Waals surface area contributed by atoms with E-state index < -0.39 is 12.0 Å². The lowest BCUT2D eigenvalue weighted by Gasteiger charge is -2.29. The van der Waals surface area contributed by atoms with E-state index in [0.29, 0.717) is 23.0 Å². The molecule has 9 nitrogen and oxygen atoms in total. The molecule has 1 atom stereocenters. The molecule has 0 unspecified atom stereocenters. The zero-order valence-corrected chi connectivity index (χ0v) is 19.1. The molecule has 1 aromatic heterocycles. The van der Waals surface area contributed by atoms with Crippen molar-refractivity contribution in [3.05, 3.63) is 76.2 Å². The van der Waals surface area contributed by atoms with E-state index in [4.69, 9.17) is 9.47 Å². The molecule has 0 fully saturated rings. The van der Waals surface area contributed by atoms with Crippen LogP contribution in [-0.2, 0) is 9.53 Å². The van der Waals surface area contributed by atoms with Crippen molar-refractivity contribution in [1.82, 2.24) is 14.8 Å². The Labute approximate surface area is 191 Å². The van der Waals surface area contributed by atoms with Gasteiger partial charge in [-0.1, -0.05) is 29.8 Å². The second kappa shape index (κ2) is 8.78. The van der Waals surface area contributed by atoms with Crippen molar-refractivity contribution >= 4 is 23.5 Å². The normalized spacial score (nSPS) is 14.9. The third-order valence-corrected chi connectivity index (χ3v) is 5.53. The van der Waals surface area contributed by atoms with Gasteiger partial charge in [0.05, 0.1) is 19.8 Å². The monoisotopic (exact) mass is 447 g/mol. The number of carbonyl (C=O) groups is 2. The average Bonchev–Trinajstić information content (AvgIpc) is 3.23. The summed E-state index contributed by atoms with van der Waals surface area (Å²) >= 11 is 0. The molecule has 9 heteroatoms. The summed E-state index contributed by atoms with van der Waals surface area (Å²) < 4.78 is 11.6. The number of hydrogen-bond donors (Lipinski definition) is 2.